The lowest BCUT2D eigenvalue weighted by Gasteiger charge is -2.09. The normalized spacial score (nSPS) is 10.3. The van der Waals surface area contributed by atoms with Crippen molar-refractivity contribution in [3.8, 4) is 5.75 Å². The minimum Gasteiger partial charge on any atom is -0.508 e. The van der Waals surface area contributed by atoms with Crippen molar-refractivity contribution in [2.45, 2.75) is 19.3 Å². The van der Waals surface area contributed by atoms with Crippen LogP contribution < -0.4 is 5.73 Å². The van der Waals surface area contributed by atoms with Crippen molar-refractivity contribution in [2.24, 2.45) is 5.73 Å². The fourth-order valence-corrected chi connectivity index (χ4v) is 2.13. The van der Waals surface area contributed by atoms with E-state index in [1.165, 1.54) is 5.56 Å². The van der Waals surface area contributed by atoms with Gasteiger partial charge < -0.3 is 10.8 Å². The molecule has 0 bridgehead atoms. The summed E-state index contributed by atoms with van der Waals surface area (Å²) in [6.07, 6.45) is 1.89. The average molecular weight is 255 g/mol. The number of benzene rings is 2. The Hall–Kier alpha value is -2.29. The summed E-state index contributed by atoms with van der Waals surface area (Å²) in [6, 6.07) is 15.3. The maximum Gasteiger partial charge on any atom is 0.221 e. The Balaban J connectivity index is 2.13. The number of phenols is 1. The molecule has 3 N–H and O–H groups in total. The van der Waals surface area contributed by atoms with Gasteiger partial charge in [-0.2, -0.15) is 0 Å². The van der Waals surface area contributed by atoms with Crippen LogP contribution in [0.25, 0.3) is 0 Å². The zero-order chi connectivity index (χ0) is 13.7. The number of carbonyl (C=O) groups is 1. The molecule has 0 unspecified atom stereocenters. The van der Waals surface area contributed by atoms with Gasteiger partial charge in [0.15, 0.2) is 0 Å². The quantitative estimate of drug-likeness (QED) is 0.860. The second kappa shape index (κ2) is 6.05. The van der Waals surface area contributed by atoms with Crippen molar-refractivity contribution in [1.29, 1.82) is 0 Å². The van der Waals surface area contributed by atoms with Crippen LogP contribution in [0.1, 0.15) is 16.7 Å². The van der Waals surface area contributed by atoms with E-state index in [0.29, 0.717) is 0 Å². The van der Waals surface area contributed by atoms with Crippen LogP contribution in [0.15, 0.2) is 48.5 Å². The standard InChI is InChI=1S/C16H17NO2/c17-16(19)11-14-10-15(18)9-8-13(14)7-6-12-4-2-1-3-5-12/h1-5,8-10,18H,6-7,11H2,(H2,17,19). The SMILES string of the molecule is NC(=O)Cc1cc(O)ccc1CCc1ccccc1. The van der Waals surface area contributed by atoms with Crippen molar-refractivity contribution in [1.82, 2.24) is 0 Å². The van der Waals surface area contributed by atoms with Crippen LogP contribution >= 0.6 is 0 Å². The summed E-state index contributed by atoms with van der Waals surface area (Å²) in [5.74, 6) is -0.216. The van der Waals surface area contributed by atoms with Crippen LogP contribution in [-0.4, -0.2) is 11.0 Å². The first-order chi connectivity index (χ1) is 9.15. The van der Waals surface area contributed by atoms with E-state index in [9.17, 15) is 9.90 Å². The number of hydrogen-bond donors (Lipinski definition) is 2. The van der Waals surface area contributed by atoms with Crippen molar-refractivity contribution >= 4 is 5.91 Å². The number of aryl methyl sites for hydroxylation is 2. The molecule has 3 heteroatoms. The Kier molecular flexibility index (Phi) is 4.18. The summed E-state index contributed by atoms with van der Waals surface area (Å²) in [4.78, 5) is 11.0. The monoisotopic (exact) mass is 255 g/mol. The third-order valence-electron chi connectivity index (χ3n) is 3.08. The number of amides is 1. The molecule has 0 aromatic heterocycles. The highest BCUT2D eigenvalue weighted by atomic mass is 16.3. The third kappa shape index (κ3) is 3.85. The van der Waals surface area contributed by atoms with Crippen LogP contribution in [0.5, 0.6) is 5.75 Å². The van der Waals surface area contributed by atoms with Crippen molar-refractivity contribution in [3.63, 3.8) is 0 Å². The zero-order valence-electron chi connectivity index (χ0n) is 10.7. The molecule has 1 amide bonds. The van der Waals surface area contributed by atoms with E-state index in [0.717, 1.165) is 24.0 Å². The van der Waals surface area contributed by atoms with E-state index in [2.05, 4.69) is 12.1 Å². The van der Waals surface area contributed by atoms with Gasteiger partial charge in [-0.1, -0.05) is 36.4 Å². The fraction of sp³-hybridized carbons (Fsp3) is 0.188. The molecule has 0 spiro atoms. The van der Waals surface area contributed by atoms with Gasteiger partial charge in [0, 0.05) is 0 Å². The molecule has 0 fully saturated rings. The summed E-state index contributed by atoms with van der Waals surface area (Å²) in [5, 5.41) is 9.48. The predicted molar refractivity (Wildman–Crippen MR) is 74.9 cm³/mol. The van der Waals surface area contributed by atoms with E-state index in [4.69, 9.17) is 5.73 Å². The van der Waals surface area contributed by atoms with Gasteiger partial charge in [0.1, 0.15) is 5.75 Å². The summed E-state index contributed by atoms with van der Waals surface area (Å²) in [5.41, 5.74) is 8.35. The molecule has 0 atom stereocenters. The van der Waals surface area contributed by atoms with E-state index >= 15 is 0 Å². The highest BCUT2D eigenvalue weighted by Gasteiger charge is 2.07. The van der Waals surface area contributed by atoms with Gasteiger partial charge in [-0.3, -0.25) is 4.79 Å². The highest BCUT2D eigenvalue weighted by Crippen LogP contribution is 2.19. The smallest absolute Gasteiger partial charge is 0.221 e. The fourth-order valence-electron chi connectivity index (χ4n) is 2.13. The van der Waals surface area contributed by atoms with Gasteiger partial charge in [-0.15, -0.1) is 0 Å². The second-order valence-corrected chi connectivity index (χ2v) is 4.58. The van der Waals surface area contributed by atoms with Gasteiger partial charge in [0.2, 0.25) is 5.91 Å². The summed E-state index contributed by atoms with van der Waals surface area (Å²) >= 11 is 0. The van der Waals surface area contributed by atoms with Crippen LogP contribution in [0.2, 0.25) is 0 Å². The van der Waals surface area contributed by atoms with Crippen molar-refractivity contribution in [3.05, 3.63) is 65.2 Å². The van der Waals surface area contributed by atoms with Gasteiger partial charge >= 0.3 is 0 Å². The Bertz CT molecular complexity index is 564. The molecular formula is C16H17NO2. The first-order valence-corrected chi connectivity index (χ1v) is 6.28. The first kappa shape index (κ1) is 13.1. The molecule has 0 saturated carbocycles. The highest BCUT2D eigenvalue weighted by molar-refractivity contribution is 5.77. The van der Waals surface area contributed by atoms with Crippen LogP contribution in [0.3, 0.4) is 0 Å². The molecule has 2 aromatic rings. The predicted octanol–water partition coefficient (Wildman–Crippen LogP) is 2.21. The van der Waals surface area contributed by atoms with E-state index in [1.54, 1.807) is 12.1 Å². The summed E-state index contributed by atoms with van der Waals surface area (Å²) in [7, 11) is 0. The lowest BCUT2D eigenvalue weighted by atomic mass is 9.97. The Morgan fingerprint density at radius 3 is 2.42 bits per heavy atom. The number of phenolic OH excluding ortho intramolecular Hbond substituents is 1. The van der Waals surface area contributed by atoms with Crippen LogP contribution in [0, 0.1) is 0 Å². The third-order valence-corrected chi connectivity index (χ3v) is 3.08. The van der Waals surface area contributed by atoms with Crippen LogP contribution in [0.4, 0.5) is 0 Å². The van der Waals surface area contributed by atoms with Crippen molar-refractivity contribution in [2.75, 3.05) is 0 Å². The lowest BCUT2D eigenvalue weighted by molar-refractivity contribution is -0.117. The maximum atomic E-state index is 11.0. The minimum atomic E-state index is -0.383. The van der Waals surface area contributed by atoms with Gasteiger partial charge in [-0.05, 0) is 41.7 Å². The van der Waals surface area contributed by atoms with Gasteiger partial charge in [-0.25, -0.2) is 0 Å². The van der Waals surface area contributed by atoms with Gasteiger partial charge in [0.05, 0.1) is 6.42 Å². The number of rotatable bonds is 5. The zero-order valence-corrected chi connectivity index (χ0v) is 10.7. The molecule has 0 radical (unpaired) electrons. The molecule has 98 valence electrons. The number of hydrogen-bond acceptors (Lipinski definition) is 2. The number of aromatic hydroxyl groups is 1. The molecule has 0 aliphatic rings. The molecule has 0 aliphatic carbocycles. The van der Waals surface area contributed by atoms with Gasteiger partial charge in [0.25, 0.3) is 0 Å². The molecule has 3 nitrogen and oxygen atoms in total. The largest absolute Gasteiger partial charge is 0.508 e. The average Bonchev–Trinajstić information content (AvgIpc) is 2.38. The molecule has 0 heterocycles. The van der Waals surface area contributed by atoms with Crippen molar-refractivity contribution < 1.29 is 9.90 Å². The Morgan fingerprint density at radius 1 is 1.00 bits per heavy atom. The van der Waals surface area contributed by atoms with E-state index in [1.807, 2.05) is 24.3 Å². The lowest BCUT2D eigenvalue weighted by Crippen LogP contribution is -2.15. The Morgan fingerprint density at radius 2 is 1.74 bits per heavy atom. The second-order valence-electron chi connectivity index (χ2n) is 4.58. The number of carbonyl (C=O) groups excluding carboxylic acids is 1. The van der Waals surface area contributed by atoms with Crippen LogP contribution in [-0.2, 0) is 24.1 Å². The molecule has 2 rings (SSSR count). The van der Waals surface area contributed by atoms with E-state index in [-0.39, 0.29) is 18.1 Å². The molecule has 19 heavy (non-hydrogen) atoms. The molecule has 0 saturated heterocycles. The molecule has 2 aromatic carbocycles. The maximum absolute atomic E-state index is 11.0. The first-order valence-electron chi connectivity index (χ1n) is 6.28. The topological polar surface area (TPSA) is 63.3 Å². The minimum absolute atomic E-state index is 0.165. The number of nitrogens with two attached hydrogens (primary N) is 1. The summed E-state index contributed by atoms with van der Waals surface area (Å²) < 4.78 is 0. The van der Waals surface area contributed by atoms with E-state index < -0.39 is 0 Å². The Labute approximate surface area is 112 Å². The number of primary amides is 1. The summed E-state index contributed by atoms with van der Waals surface area (Å²) in [6.45, 7) is 0. The molecular weight excluding hydrogens is 238 g/mol. The molecule has 0 aliphatic heterocycles.